The molecule has 0 aromatic heterocycles. The summed E-state index contributed by atoms with van der Waals surface area (Å²) >= 11 is 5.94. The Morgan fingerprint density at radius 3 is 2.83 bits per heavy atom. The molecule has 0 saturated carbocycles. The minimum absolute atomic E-state index is 0.479. The summed E-state index contributed by atoms with van der Waals surface area (Å²) in [5.41, 5.74) is 1.94. The molecule has 4 nitrogen and oxygen atoms in total. The molecular formula is C18H20ClNO3. The van der Waals surface area contributed by atoms with Crippen molar-refractivity contribution in [2.75, 3.05) is 26.3 Å². The summed E-state index contributed by atoms with van der Waals surface area (Å²) in [7, 11) is 0. The van der Waals surface area contributed by atoms with Gasteiger partial charge in [-0.2, -0.15) is 0 Å². The highest BCUT2D eigenvalue weighted by Crippen LogP contribution is 2.33. The molecule has 122 valence electrons. The molecule has 0 radical (unpaired) electrons. The van der Waals surface area contributed by atoms with Gasteiger partial charge in [-0.1, -0.05) is 35.9 Å². The first-order chi connectivity index (χ1) is 11.2. The number of rotatable bonds is 6. The zero-order valence-electron chi connectivity index (χ0n) is 12.8. The molecule has 1 heterocycles. The van der Waals surface area contributed by atoms with Crippen LogP contribution in [0.25, 0.3) is 0 Å². The van der Waals surface area contributed by atoms with Crippen LogP contribution in [0.15, 0.2) is 42.5 Å². The normalized spacial score (nSPS) is 14.5. The van der Waals surface area contributed by atoms with Crippen molar-refractivity contribution < 1.29 is 14.6 Å². The minimum Gasteiger partial charge on any atom is -0.486 e. The van der Waals surface area contributed by atoms with E-state index in [1.807, 2.05) is 30.3 Å². The molecule has 1 aliphatic heterocycles. The fourth-order valence-corrected chi connectivity index (χ4v) is 2.82. The fourth-order valence-electron chi connectivity index (χ4n) is 2.62. The van der Waals surface area contributed by atoms with Gasteiger partial charge in [0.25, 0.3) is 0 Å². The van der Waals surface area contributed by atoms with Crippen molar-refractivity contribution in [2.24, 2.45) is 0 Å². The van der Waals surface area contributed by atoms with Gasteiger partial charge in [-0.25, -0.2) is 0 Å². The van der Waals surface area contributed by atoms with Gasteiger partial charge in [0.05, 0.1) is 6.10 Å². The summed E-state index contributed by atoms with van der Waals surface area (Å²) in [6.07, 6.45) is 0.243. The highest BCUT2D eigenvalue weighted by molar-refractivity contribution is 6.30. The average Bonchev–Trinajstić information content (AvgIpc) is 2.58. The third kappa shape index (κ3) is 4.16. The van der Waals surface area contributed by atoms with Crippen LogP contribution in [-0.2, 0) is 6.42 Å². The van der Waals surface area contributed by atoms with Gasteiger partial charge in [0.2, 0.25) is 0 Å². The summed E-state index contributed by atoms with van der Waals surface area (Å²) in [4.78, 5) is 0. The quantitative estimate of drug-likeness (QED) is 0.798. The lowest BCUT2D eigenvalue weighted by atomic mass is 10.1. The van der Waals surface area contributed by atoms with Crippen molar-refractivity contribution in [3.63, 3.8) is 0 Å². The smallest absolute Gasteiger partial charge is 0.164 e. The number of para-hydroxylation sites is 1. The summed E-state index contributed by atoms with van der Waals surface area (Å²) < 4.78 is 11.3. The van der Waals surface area contributed by atoms with E-state index in [1.54, 1.807) is 12.1 Å². The highest BCUT2D eigenvalue weighted by atomic mass is 35.5. The molecular weight excluding hydrogens is 314 g/mol. The zero-order chi connectivity index (χ0) is 16.1. The molecule has 0 aliphatic carbocycles. The SMILES string of the molecule is OC(CNCCc1cccc2c1OCCO2)c1cccc(Cl)c1. The second-order valence-corrected chi connectivity index (χ2v) is 5.90. The molecule has 5 heteroatoms. The number of aliphatic hydroxyl groups is 1. The van der Waals surface area contributed by atoms with E-state index in [4.69, 9.17) is 21.1 Å². The second-order valence-electron chi connectivity index (χ2n) is 5.47. The van der Waals surface area contributed by atoms with E-state index in [0.717, 1.165) is 35.6 Å². The van der Waals surface area contributed by atoms with E-state index in [1.165, 1.54) is 0 Å². The van der Waals surface area contributed by atoms with Gasteiger partial charge in [0.1, 0.15) is 13.2 Å². The van der Waals surface area contributed by atoms with Crippen molar-refractivity contribution in [1.82, 2.24) is 5.32 Å². The third-order valence-electron chi connectivity index (χ3n) is 3.79. The molecule has 2 N–H and O–H groups in total. The summed E-state index contributed by atoms with van der Waals surface area (Å²) in [6.45, 7) is 2.41. The molecule has 1 unspecified atom stereocenters. The molecule has 2 aromatic rings. The number of nitrogens with one attached hydrogen (secondary N) is 1. The standard InChI is InChI=1S/C18H20ClNO3/c19-15-5-1-4-14(11-15)16(21)12-20-8-7-13-3-2-6-17-18(13)23-10-9-22-17/h1-6,11,16,20-21H,7-10,12H2. The average molecular weight is 334 g/mol. The minimum atomic E-state index is -0.571. The van der Waals surface area contributed by atoms with Crippen molar-refractivity contribution >= 4 is 11.6 Å². The Hall–Kier alpha value is -1.75. The van der Waals surface area contributed by atoms with Crippen LogP contribution in [0.1, 0.15) is 17.2 Å². The molecule has 23 heavy (non-hydrogen) atoms. The van der Waals surface area contributed by atoms with Crippen molar-refractivity contribution in [3.05, 3.63) is 58.6 Å². The Balaban J connectivity index is 1.50. The molecule has 0 spiro atoms. The lowest BCUT2D eigenvalue weighted by Crippen LogP contribution is -2.24. The number of fused-ring (bicyclic) bond motifs is 1. The topological polar surface area (TPSA) is 50.7 Å². The van der Waals surface area contributed by atoms with Crippen LogP contribution in [-0.4, -0.2) is 31.4 Å². The Morgan fingerprint density at radius 1 is 1.13 bits per heavy atom. The van der Waals surface area contributed by atoms with Gasteiger partial charge in [-0.3, -0.25) is 0 Å². The lowest BCUT2D eigenvalue weighted by Gasteiger charge is -2.21. The Kier molecular flexibility index (Phi) is 5.39. The zero-order valence-corrected chi connectivity index (χ0v) is 13.6. The Bertz CT molecular complexity index is 662. The fraction of sp³-hybridized carbons (Fsp3) is 0.333. The highest BCUT2D eigenvalue weighted by Gasteiger charge is 2.15. The first-order valence-electron chi connectivity index (χ1n) is 7.76. The van der Waals surface area contributed by atoms with Crippen molar-refractivity contribution in [3.8, 4) is 11.5 Å². The number of ether oxygens (including phenoxy) is 2. The summed E-state index contributed by atoms with van der Waals surface area (Å²) in [5.74, 6) is 1.66. The van der Waals surface area contributed by atoms with Crippen LogP contribution in [0.2, 0.25) is 5.02 Å². The van der Waals surface area contributed by atoms with Gasteiger partial charge in [0.15, 0.2) is 11.5 Å². The van der Waals surface area contributed by atoms with Crippen LogP contribution in [0.5, 0.6) is 11.5 Å². The predicted molar refractivity (Wildman–Crippen MR) is 90.4 cm³/mol. The summed E-state index contributed by atoms with van der Waals surface area (Å²) in [5, 5.41) is 14.1. The van der Waals surface area contributed by atoms with E-state index in [-0.39, 0.29) is 0 Å². The maximum Gasteiger partial charge on any atom is 0.164 e. The molecule has 0 fully saturated rings. The van der Waals surface area contributed by atoms with E-state index in [9.17, 15) is 5.11 Å². The van der Waals surface area contributed by atoms with Crippen molar-refractivity contribution in [1.29, 1.82) is 0 Å². The van der Waals surface area contributed by atoms with Crippen LogP contribution in [0, 0.1) is 0 Å². The van der Waals surface area contributed by atoms with E-state index in [0.29, 0.717) is 24.8 Å². The van der Waals surface area contributed by atoms with Crippen LogP contribution < -0.4 is 14.8 Å². The number of halogens is 1. The predicted octanol–water partition coefficient (Wildman–Crippen LogP) is 2.98. The van der Waals surface area contributed by atoms with E-state index >= 15 is 0 Å². The molecule has 0 saturated heterocycles. The first-order valence-corrected chi connectivity index (χ1v) is 8.13. The van der Waals surface area contributed by atoms with Gasteiger partial charge in [-0.05, 0) is 42.3 Å². The molecule has 1 aliphatic rings. The van der Waals surface area contributed by atoms with Gasteiger partial charge in [0, 0.05) is 11.6 Å². The number of aliphatic hydroxyl groups excluding tert-OH is 1. The number of hydrogen-bond acceptors (Lipinski definition) is 4. The monoisotopic (exact) mass is 333 g/mol. The Morgan fingerprint density at radius 2 is 1.96 bits per heavy atom. The van der Waals surface area contributed by atoms with Gasteiger partial charge in [-0.15, -0.1) is 0 Å². The number of benzene rings is 2. The lowest BCUT2D eigenvalue weighted by molar-refractivity contribution is 0.169. The van der Waals surface area contributed by atoms with Gasteiger partial charge >= 0.3 is 0 Å². The molecule has 0 amide bonds. The number of hydrogen-bond donors (Lipinski definition) is 2. The third-order valence-corrected chi connectivity index (χ3v) is 4.03. The molecule has 3 rings (SSSR count). The first kappa shape index (κ1) is 16.1. The van der Waals surface area contributed by atoms with Crippen LogP contribution in [0.4, 0.5) is 0 Å². The molecule has 0 bridgehead atoms. The Labute approximate surface area is 141 Å². The van der Waals surface area contributed by atoms with Gasteiger partial charge < -0.3 is 19.9 Å². The van der Waals surface area contributed by atoms with Crippen LogP contribution >= 0.6 is 11.6 Å². The van der Waals surface area contributed by atoms with E-state index in [2.05, 4.69) is 5.32 Å². The van der Waals surface area contributed by atoms with E-state index < -0.39 is 6.10 Å². The molecule has 2 aromatic carbocycles. The largest absolute Gasteiger partial charge is 0.486 e. The summed E-state index contributed by atoms with van der Waals surface area (Å²) in [6, 6.07) is 13.2. The second kappa shape index (κ2) is 7.68. The maximum absolute atomic E-state index is 10.2. The maximum atomic E-state index is 10.2. The van der Waals surface area contributed by atoms with Crippen molar-refractivity contribution in [2.45, 2.75) is 12.5 Å². The molecule has 1 atom stereocenters. The van der Waals surface area contributed by atoms with Crippen LogP contribution in [0.3, 0.4) is 0 Å².